The molecule has 8 nitrogen and oxygen atoms in total. The summed E-state index contributed by atoms with van der Waals surface area (Å²) >= 11 is 0. The van der Waals surface area contributed by atoms with Gasteiger partial charge in [0, 0.05) is 19.5 Å². The molecule has 1 atom stereocenters. The van der Waals surface area contributed by atoms with E-state index in [0.29, 0.717) is 6.42 Å². The van der Waals surface area contributed by atoms with Crippen molar-refractivity contribution in [3.8, 4) is 0 Å². The summed E-state index contributed by atoms with van der Waals surface area (Å²) in [7, 11) is 0. The third-order valence-electron chi connectivity index (χ3n) is 4.31. The zero-order valence-electron chi connectivity index (χ0n) is 13.6. The Bertz CT molecular complexity index is 691. The number of ether oxygens (including phenoxy) is 1. The number of imide groups is 1. The van der Waals surface area contributed by atoms with Gasteiger partial charge in [-0.05, 0) is 12.0 Å². The first kappa shape index (κ1) is 16.9. The molecule has 2 fully saturated rings. The van der Waals surface area contributed by atoms with Gasteiger partial charge in [0.05, 0.1) is 0 Å². The van der Waals surface area contributed by atoms with Crippen LogP contribution in [0.15, 0.2) is 30.3 Å². The second-order valence-corrected chi connectivity index (χ2v) is 6.02. The number of piperidine rings is 1. The zero-order chi connectivity index (χ0) is 17.8. The molecule has 2 saturated heterocycles. The van der Waals surface area contributed by atoms with Crippen LogP contribution >= 0.6 is 0 Å². The van der Waals surface area contributed by atoms with Crippen LogP contribution in [-0.2, 0) is 25.7 Å². The van der Waals surface area contributed by atoms with Crippen molar-refractivity contribution in [3.63, 3.8) is 0 Å². The number of carbonyl (C=O) groups is 4. The monoisotopic (exact) mass is 345 g/mol. The summed E-state index contributed by atoms with van der Waals surface area (Å²) in [6.45, 7) is 0.537. The van der Waals surface area contributed by atoms with Crippen LogP contribution in [0.25, 0.3) is 0 Å². The number of amides is 4. The van der Waals surface area contributed by atoms with E-state index >= 15 is 0 Å². The second kappa shape index (κ2) is 7.33. The highest BCUT2D eigenvalue weighted by atomic mass is 16.6. The minimum atomic E-state index is -0.646. The number of hydrogen-bond acceptors (Lipinski definition) is 5. The van der Waals surface area contributed by atoms with Crippen LogP contribution < -0.4 is 5.32 Å². The first-order chi connectivity index (χ1) is 12.0. The number of rotatable bonds is 3. The number of nitrogens with one attached hydrogen (secondary N) is 1. The predicted octanol–water partition coefficient (Wildman–Crippen LogP) is 0.273. The van der Waals surface area contributed by atoms with Crippen molar-refractivity contribution in [3.05, 3.63) is 35.9 Å². The fraction of sp³-hybridized carbons (Fsp3) is 0.412. The van der Waals surface area contributed by atoms with Gasteiger partial charge in [-0.2, -0.15) is 0 Å². The molecular weight excluding hydrogens is 326 g/mol. The molecule has 0 radical (unpaired) electrons. The lowest BCUT2D eigenvalue weighted by molar-refractivity contribution is -0.148. The summed E-state index contributed by atoms with van der Waals surface area (Å²) in [6, 6.07) is 8.63. The van der Waals surface area contributed by atoms with Gasteiger partial charge in [-0.15, -0.1) is 0 Å². The van der Waals surface area contributed by atoms with E-state index in [1.165, 1.54) is 9.80 Å². The third kappa shape index (κ3) is 3.96. The van der Waals surface area contributed by atoms with Gasteiger partial charge in [-0.3, -0.25) is 24.6 Å². The molecule has 1 N–H and O–H groups in total. The molecular formula is C17H19N3O5. The van der Waals surface area contributed by atoms with Crippen molar-refractivity contribution in [1.82, 2.24) is 15.1 Å². The van der Waals surface area contributed by atoms with Gasteiger partial charge in [0.1, 0.15) is 19.2 Å². The summed E-state index contributed by atoms with van der Waals surface area (Å²) in [6.07, 6.45) is -0.0298. The summed E-state index contributed by atoms with van der Waals surface area (Å²) < 4.78 is 5.22. The highest BCUT2D eigenvalue weighted by Gasteiger charge is 2.38. The molecule has 8 heteroatoms. The number of piperazine rings is 1. The molecule has 2 heterocycles. The summed E-state index contributed by atoms with van der Waals surface area (Å²) in [4.78, 5) is 50.3. The van der Waals surface area contributed by atoms with E-state index in [0.717, 1.165) is 5.56 Å². The largest absolute Gasteiger partial charge is 0.445 e. The molecule has 2 aliphatic rings. The molecule has 0 aliphatic carbocycles. The zero-order valence-corrected chi connectivity index (χ0v) is 13.6. The van der Waals surface area contributed by atoms with Gasteiger partial charge >= 0.3 is 6.09 Å². The molecule has 0 spiro atoms. The Labute approximate surface area is 144 Å². The third-order valence-corrected chi connectivity index (χ3v) is 4.31. The van der Waals surface area contributed by atoms with Crippen LogP contribution in [0.4, 0.5) is 4.79 Å². The van der Waals surface area contributed by atoms with E-state index in [1.807, 2.05) is 30.3 Å². The average Bonchev–Trinajstić information content (AvgIpc) is 2.61. The fourth-order valence-corrected chi connectivity index (χ4v) is 2.96. The number of benzene rings is 1. The summed E-state index contributed by atoms with van der Waals surface area (Å²) in [5.41, 5.74) is 0.865. The Hall–Kier alpha value is -2.90. The fourth-order valence-electron chi connectivity index (χ4n) is 2.96. The second-order valence-electron chi connectivity index (χ2n) is 6.02. The van der Waals surface area contributed by atoms with E-state index < -0.39 is 18.0 Å². The maximum absolute atomic E-state index is 12.3. The van der Waals surface area contributed by atoms with Crippen LogP contribution in [0.2, 0.25) is 0 Å². The van der Waals surface area contributed by atoms with E-state index in [9.17, 15) is 19.2 Å². The molecule has 1 aromatic rings. The maximum atomic E-state index is 12.3. The molecule has 0 saturated carbocycles. The van der Waals surface area contributed by atoms with Crippen LogP contribution in [0.3, 0.4) is 0 Å². The number of nitrogens with zero attached hydrogens (tertiary/aromatic N) is 2. The lowest BCUT2D eigenvalue weighted by Gasteiger charge is -2.38. The first-order valence-electron chi connectivity index (χ1n) is 8.13. The quantitative estimate of drug-likeness (QED) is 0.794. The lowest BCUT2D eigenvalue weighted by atomic mass is 10.0. The normalized spacial score (nSPS) is 21.1. The Morgan fingerprint density at radius 3 is 2.60 bits per heavy atom. The topological polar surface area (TPSA) is 96.0 Å². The van der Waals surface area contributed by atoms with E-state index in [2.05, 4.69) is 5.32 Å². The SMILES string of the molecule is O=C1CCC(N2CCN(C(=O)OCc3ccccc3)CC2=O)C(=O)N1. The van der Waals surface area contributed by atoms with Crippen molar-refractivity contribution in [1.29, 1.82) is 0 Å². The summed E-state index contributed by atoms with van der Waals surface area (Å²) in [5.74, 6) is -1.10. The maximum Gasteiger partial charge on any atom is 0.410 e. The highest BCUT2D eigenvalue weighted by molar-refractivity contribution is 6.02. The molecule has 0 aromatic heterocycles. The van der Waals surface area contributed by atoms with E-state index in [-0.39, 0.29) is 44.5 Å². The van der Waals surface area contributed by atoms with Gasteiger partial charge < -0.3 is 9.64 Å². The van der Waals surface area contributed by atoms with Crippen molar-refractivity contribution in [2.45, 2.75) is 25.5 Å². The van der Waals surface area contributed by atoms with E-state index in [1.54, 1.807) is 0 Å². The van der Waals surface area contributed by atoms with Gasteiger partial charge in [0.15, 0.2) is 0 Å². The molecule has 3 rings (SSSR count). The minimum Gasteiger partial charge on any atom is -0.445 e. The van der Waals surface area contributed by atoms with Gasteiger partial charge in [-0.1, -0.05) is 30.3 Å². The van der Waals surface area contributed by atoms with Crippen LogP contribution in [0, 0.1) is 0 Å². The van der Waals surface area contributed by atoms with Crippen molar-refractivity contribution in [2.24, 2.45) is 0 Å². The Morgan fingerprint density at radius 1 is 1.16 bits per heavy atom. The van der Waals surface area contributed by atoms with Gasteiger partial charge in [0.2, 0.25) is 17.7 Å². The van der Waals surface area contributed by atoms with E-state index in [4.69, 9.17) is 4.74 Å². The highest BCUT2D eigenvalue weighted by Crippen LogP contribution is 2.16. The van der Waals surface area contributed by atoms with Crippen LogP contribution in [-0.4, -0.2) is 59.3 Å². The van der Waals surface area contributed by atoms with Gasteiger partial charge in [-0.25, -0.2) is 4.79 Å². The number of hydrogen-bond donors (Lipinski definition) is 1. The van der Waals surface area contributed by atoms with Gasteiger partial charge in [0.25, 0.3) is 0 Å². The molecule has 25 heavy (non-hydrogen) atoms. The summed E-state index contributed by atoms with van der Waals surface area (Å²) in [5, 5.41) is 2.24. The van der Waals surface area contributed by atoms with Crippen molar-refractivity contribution >= 4 is 23.8 Å². The molecule has 132 valence electrons. The Morgan fingerprint density at radius 2 is 1.92 bits per heavy atom. The van der Waals surface area contributed by atoms with Crippen LogP contribution in [0.5, 0.6) is 0 Å². The minimum absolute atomic E-state index is 0.134. The lowest BCUT2D eigenvalue weighted by Crippen LogP contribution is -2.60. The molecule has 4 amide bonds. The first-order valence-corrected chi connectivity index (χ1v) is 8.13. The molecule has 0 bridgehead atoms. The molecule has 1 aromatic carbocycles. The van der Waals surface area contributed by atoms with Crippen molar-refractivity contribution in [2.75, 3.05) is 19.6 Å². The number of carbonyl (C=O) groups excluding carboxylic acids is 4. The molecule has 1 unspecified atom stereocenters. The van der Waals surface area contributed by atoms with Crippen molar-refractivity contribution < 1.29 is 23.9 Å². The molecule has 2 aliphatic heterocycles. The van der Waals surface area contributed by atoms with Crippen LogP contribution in [0.1, 0.15) is 18.4 Å². The average molecular weight is 345 g/mol. The predicted molar refractivity (Wildman–Crippen MR) is 86.1 cm³/mol. The Kier molecular flexibility index (Phi) is 4.97. The smallest absolute Gasteiger partial charge is 0.410 e. The Balaban J connectivity index is 1.52. The standard InChI is InChI=1S/C17H19N3O5/c21-14-7-6-13(16(23)18-14)20-9-8-19(10-15(20)22)17(24)25-11-12-4-2-1-3-5-12/h1-5,13H,6-11H2,(H,18,21,23).